The van der Waals surface area contributed by atoms with E-state index in [1.165, 1.54) is 31.5 Å². The molecule has 1 N–H and O–H groups in total. The van der Waals surface area contributed by atoms with E-state index < -0.39 is 5.97 Å². The molecular formula is C15H11ClN2O4. The summed E-state index contributed by atoms with van der Waals surface area (Å²) in [7, 11) is 1.42. The summed E-state index contributed by atoms with van der Waals surface area (Å²) in [5.74, 6) is -0.754. The molecular weight excluding hydrogens is 308 g/mol. The Hall–Kier alpha value is -2.78. The molecule has 0 atom stereocenters. The first-order valence-electron chi connectivity index (χ1n) is 6.12. The molecule has 7 heteroatoms. The largest absolute Gasteiger partial charge is 0.493 e. The minimum atomic E-state index is -1.20. The lowest BCUT2D eigenvalue weighted by Crippen LogP contribution is -2.06. The Bertz CT molecular complexity index is 784. The maximum atomic E-state index is 11.4. The molecule has 0 fully saturated rings. The van der Waals surface area contributed by atoms with Crippen molar-refractivity contribution in [3.05, 3.63) is 46.1 Å². The summed E-state index contributed by atoms with van der Waals surface area (Å²) in [5, 5.41) is 18.4. The van der Waals surface area contributed by atoms with Crippen molar-refractivity contribution in [2.24, 2.45) is 0 Å². The molecule has 1 aromatic carbocycles. The van der Waals surface area contributed by atoms with Crippen LogP contribution in [0, 0.1) is 18.3 Å². The lowest BCUT2D eigenvalue weighted by molar-refractivity contribution is 0.0692. The Morgan fingerprint density at radius 3 is 2.73 bits per heavy atom. The fourth-order valence-electron chi connectivity index (χ4n) is 1.81. The molecule has 2 rings (SSSR count). The number of ether oxygens (including phenoxy) is 2. The Labute approximate surface area is 131 Å². The van der Waals surface area contributed by atoms with Crippen molar-refractivity contribution in [1.29, 1.82) is 5.26 Å². The van der Waals surface area contributed by atoms with Gasteiger partial charge >= 0.3 is 5.97 Å². The number of methoxy groups -OCH3 is 1. The summed E-state index contributed by atoms with van der Waals surface area (Å²) in [5.41, 5.74) is 0.619. The lowest BCUT2D eigenvalue weighted by atomic mass is 10.1. The van der Waals surface area contributed by atoms with Gasteiger partial charge in [-0.15, -0.1) is 0 Å². The average molecular weight is 319 g/mol. The summed E-state index contributed by atoms with van der Waals surface area (Å²) in [6, 6.07) is 6.50. The van der Waals surface area contributed by atoms with Gasteiger partial charge < -0.3 is 14.6 Å². The lowest BCUT2D eigenvalue weighted by Gasteiger charge is -2.13. The third-order valence-corrected chi connectivity index (χ3v) is 3.34. The first-order valence-corrected chi connectivity index (χ1v) is 6.50. The quantitative estimate of drug-likeness (QED) is 0.928. The standard InChI is InChI=1S/C15H11ClN2O4/c1-8-10(16)7-18-14(13(8)15(19)20)22-11-4-3-9(6-17)5-12(11)21-2/h3-5,7H,1-2H3,(H,19,20). The second-order valence-electron chi connectivity index (χ2n) is 4.30. The van der Waals surface area contributed by atoms with Crippen LogP contribution in [0.25, 0.3) is 0 Å². The summed E-state index contributed by atoms with van der Waals surface area (Å²) < 4.78 is 10.7. The van der Waals surface area contributed by atoms with Crippen LogP contribution in [0.3, 0.4) is 0 Å². The van der Waals surface area contributed by atoms with Crippen LogP contribution in [0.15, 0.2) is 24.4 Å². The van der Waals surface area contributed by atoms with Crippen molar-refractivity contribution in [3.63, 3.8) is 0 Å². The van der Waals surface area contributed by atoms with E-state index >= 15 is 0 Å². The predicted octanol–water partition coefficient (Wildman–Crippen LogP) is 3.41. The van der Waals surface area contributed by atoms with Crippen LogP contribution in [0.1, 0.15) is 21.5 Å². The number of aromatic carboxylic acids is 1. The maximum absolute atomic E-state index is 11.4. The third-order valence-electron chi connectivity index (χ3n) is 2.96. The number of halogens is 1. The molecule has 6 nitrogen and oxygen atoms in total. The number of carboxylic acid groups (broad SMARTS) is 1. The maximum Gasteiger partial charge on any atom is 0.341 e. The van der Waals surface area contributed by atoms with Crippen LogP contribution in [0.5, 0.6) is 17.4 Å². The molecule has 1 heterocycles. The average Bonchev–Trinajstić information content (AvgIpc) is 2.51. The number of hydrogen-bond donors (Lipinski definition) is 1. The Kier molecular flexibility index (Phi) is 4.49. The van der Waals surface area contributed by atoms with Gasteiger partial charge in [0.05, 0.1) is 23.8 Å². The zero-order valence-electron chi connectivity index (χ0n) is 11.8. The number of nitriles is 1. The van der Waals surface area contributed by atoms with Gasteiger partial charge in [0.2, 0.25) is 5.88 Å². The van der Waals surface area contributed by atoms with E-state index in [9.17, 15) is 9.90 Å². The van der Waals surface area contributed by atoms with Crippen LogP contribution >= 0.6 is 11.6 Å². The Balaban J connectivity index is 2.50. The van der Waals surface area contributed by atoms with Gasteiger partial charge in [-0.25, -0.2) is 9.78 Å². The van der Waals surface area contributed by atoms with Crippen LogP contribution in [-0.2, 0) is 0 Å². The zero-order chi connectivity index (χ0) is 16.3. The van der Waals surface area contributed by atoms with Gasteiger partial charge in [0, 0.05) is 12.3 Å². The molecule has 0 aliphatic rings. The molecule has 0 aliphatic carbocycles. The predicted molar refractivity (Wildman–Crippen MR) is 78.7 cm³/mol. The molecule has 22 heavy (non-hydrogen) atoms. The smallest absolute Gasteiger partial charge is 0.341 e. The zero-order valence-corrected chi connectivity index (χ0v) is 12.5. The van der Waals surface area contributed by atoms with E-state index in [1.54, 1.807) is 6.92 Å². The SMILES string of the molecule is COc1cc(C#N)ccc1Oc1ncc(Cl)c(C)c1C(=O)O. The first-order chi connectivity index (χ1) is 10.5. The van der Waals surface area contributed by atoms with Crippen molar-refractivity contribution < 1.29 is 19.4 Å². The molecule has 1 aromatic heterocycles. The molecule has 112 valence electrons. The van der Waals surface area contributed by atoms with Crippen molar-refractivity contribution in [3.8, 4) is 23.4 Å². The van der Waals surface area contributed by atoms with E-state index in [0.29, 0.717) is 16.9 Å². The number of benzene rings is 1. The van der Waals surface area contributed by atoms with E-state index in [4.69, 9.17) is 26.3 Å². The molecule has 0 amide bonds. The van der Waals surface area contributed by atoms with E-state index in [2.05, 4.69) is 4.98 Å². The molecule has 0 bridgehead atoms. The van der Waals surface area contributed by atoms with Crippen molar-refractivity contribution >= 4 is 17.6 Å². The van der Waals surface area contributed by atoms with Crippen molar-refractivity contribution in [2.45, 2.75) is 6.92 Å². The number of carbonyl (C=O) groups is 1. The molecule has 0 aliphatic heterocycles. The van der Waals surface area contributed by atoms with Gasteiger partial charge in [-0.3, -0.25) is 0 Å². The summed E-state index contributed by atoms with van der Waals surface area (Å²) in [6.45, 7) is 1.57. The number of hydrogen-bond acceptors (Lipinski definition) is 5. The van der Waals surface area contributed by atoms with E-state index in [0.717, 1.165) is 0 Å². The van der Waals surface area contributed by atoms with Gasteiger partial charge in [-0.05, 0) is 24.6 Å². The fourth-order valence-corrected chi connectivity index (χ4v) is 1.95. The number of nitrogens with zero attached hydrogens (tertiary/aromatic N) is 2. The van der Waals surface area contributed by atoms with E-state index in [1.807, 2.05) is 6.07 Å². The number of rotatable bonds is 4. The highest BCUT2D eigenvalue weighted by atomic mass is 35.5. The van der Waals surface area contributed by atoms with Crippen molar-refractivity contribution in [1.82, 2.24) is 4.98 Å². The molecule has 0 saturated carbocycles. The van der Waals surface area contributed by atoms with Gasteiger partial charge in [0.15, 0.2) is 11.5 Å². The Morgan fingerprint density at radius 1 is 1.41 bits per heavy atom. The van der Waals surface area contributed by atoms with Crippen LogP contribution < -0.4 is 9.47 Å². The molecule has 0 saturated heterocycles. The second kappa shape index (κ2) is 6.33. The minimum Gasteiger partial charge on any atom is -0.493 e. The summed E-state index contributed by atoms with van der Waals surface area (Å²) >= 11 is 5.89. The number of carboxylic acids is 1. The molecule has 0 unspecified atom stereocenters. The van der Waals surface area contributed by atoms with Crippen LogP contribution in [0.2, 0.25) is 5.02 Å². The number of aromatic nitrogens is 1. The minimum absolute atomic E-state index is 0.0996. The van der Waals surface area contributed by atoms with Crippen molar-refractivity contribution in [2.75, 3.05) is 7.11 Å². The van der Waals surface area contributed by atoms with Gasteiger partial charge in [-0.1, -0.05) is 11.6 Å². The van der Waals surface area contributed by atoms with Gasteiger partial charge in [0.25, 0.3) is 0 Å². The highest BCUT2D eigenvalue weighted by molar-refractivity contribution is 6.31. The molecule has 0 radical (unpaired) electrons. The fraction of sp³-hybridized carbons (Fsp3) is 0.133. The molecule has 2 aromatic rings. The molecule has 0 spiro atoms. The Morgan fingerprint density at radius 2 is 2.14 bits per heavy atom. The second-order valence-corrected chi connectivity index (χ2v) is 4.70. The number of pyridine rings is 1. The topological polar surface area (TPSA) is 92.4 Å². The summed E-state index contributed by atoms with van der Waals surface area (Å²) in [4.78, 5) is 15.3. The normalized spacial score (nSPS) is 9.91. The highest BCUT2D eigenvalue weighted by Crippen LogP contribution is 2.34. The van der Waals surface area contributed by atoms with Gasteiger partial charge in [0.1, 0.15) is 5.56 Å². The van der Waals surface area contributed by atoms with Crippen LogP contribution in [-0.4, -0.2) is 23.2 Å². The van der Waals surface area contributed by atoms with Crippen LogP contribution in [0.4, 0.5) is 0 Å². The first kappa shape index (κ1) is 15.6. The van der Waals surface area contributed by atoms with E-state index in [-0.39, 0.29) is 22.2 Å². The summed E-state index contributed by atoms with van der Waals surface area (Å²) in [6.07, 6.45) is 1.31. The monoisotopic (exact) mass is 318 g/mol. The van der Waals surface area contributed by atoms with Gasteiger partial charge in [-0.2, -0.15) is 5.26 Å². The highest BCUT2D eigenvalue weighted by Gasteiger charge is 2.20. The third kappa shape index (κ3) is 2.95.